The van der Waals surface area contributed by atoms with Gasteiger partial charge in [0.25, 0.3) is 11.8 Å². The highest BCUT2D eigenvalue weighted by Crippen LogP contribution is 2.47. The minimum Gasteiger partial charge on any atom is -0.506 e. The normalized spacial score (nSPS) is 13.5. The van der Waals surface area contributed by atoms with Crippen molar-refractivity contribution in [2.24, 2.45) is 0 Å². The standard InChI is InChI=1S/C68H56Cl4N4O19/c1-87-35-21-49(74-66(82)37-8-5-33(19-39(37)68(85)86)62-40-23-44(69)52(77)29-56(40)94-57-30-53(78)45(70)24-41(57)62)64(90-4)51(22-35)76-11-14-91-13-9-75(10-15-92-17-18-93-16-12-76)50-28-60(88-2)48(27-61(50)89-3)73-65(81)34-6-7-36(38(20-34)67(83)84)63-42-25-46(71)54(79)31-58(42)95-59-32-55(80)47(72)26-43(59)63/h5-8,19-32H,9-18H2,1-4H3,(H6-2,73,74,77,78,79,80,81,82,83,84,85,86)/p+2. The summed E-state index contributed by atoms with van der Waals surface area (Å²) in [6, 6.07) is 25.7. The van der Waals surface area contributed by atoms with Crippen LogP contribution >= 0.6 is 46.4 Å². The third-order valence-corrected chi connectivity index (χ3v) is 17.0. The maximum Gasteiger partial charge on any atom is 0.365 e. The molecule has 1 fully saturated rings. The maximum atomic E-state index is 14.4. The van der Waals surface area contributed by atoms with Crippen LogP contribution in [0.1, 0.15) is 41.4 Å². The fourth-order valence-corrected chi connectivity index (χ4v) is 11.9. The van der Waals surface area contributed by atoms with Crippen LogP contribution in [0.3, 0.4) is 0 Å². The zero-order chi connectivity index (χ0) is 67.5. The molecule has 2 amide bonds. The first-order valence-electron chi connectivity index (χ1n) is 29.0. The van der Waals surface area contributed by atoms with E-state index in [1.165, 1.54) is 113 Å². The summed E-state index contributed by atoms with van der Waals surface area (Å²) in [6.07, 6.45) is 0. The second kappa shape index (κ2) is 28.3. The van der Waals surface area contributed by atoms with Crippen molar-refractivity contribution in [1.29, 1.82) is 0 Å². The van der Waals surface area contributed by atoms with Crippen molar-refractivity contribution >= 4 is 137 Å². The highest BCUT2D eigenvalue weighted by Gasteiger charge is 2.31. The Kier molecular flexibility index (Phi) is 19.8. The second-order valence-electron chi connectivity index (χ2n) is 21.5. The van der Waals surface area contributed by atoms with Gasteiger partial charge < -0.3 is 84.2 Å². The summed E-state index contributed by atoms with van der Waals surface area (Å²) in [6.45, 7) is 2.53. The summed E-state index contributed by atoms with van der Waals surface area (Å²) in [5.41, 5.74) is 2.15. The number of amides is 2. The van der Waals surface area contributed by atoms with Crippen LogP contribution in [-0.4, -0.2) is 149 Å². The number of aromatic carboxylic acids is 2. The molecule has 0 unspecified atom stereocenters. The Morgan fingerprint density at radius 2 is 0.926 bits per heavy atom. The summed E-state index contributed by atoms with van der Waals surface area (Å²) in [7, 11) is 5.77. The number of hydrogen-bond donors (Lipinski definition) is 8. The predicted molar refractivity (Wildman–Crippen MR) is 360 cm³/mol. The molecule has 23 nitrogen and oxygen atoms in total. The first-order chi connectivity index (χ1) is 45.7. The molecular weight excluding hydrogens is 1320 g/mol. The lowest BCUT2D eigenvalue weighted by atomic mass is 9.92. The van der Waals surface area contributed by atoms with E-state index in [1.807, 2.05) is 9.80 Å². The molecule has 0 spiro atoms. The van der Waals surface area contributed by atoms with Crippen LogP contribution in [0.25, 0.3) is 66.1 Å². The molecule has 0 bridgehead atoms. The number of methoxy groups -OCH3 is 4. The predicted octanol–water partition coefficient (Wildman–Crippen LogP) is 14.1. The van der Waals surface area contributed by atoms with Crippen molar-refractivity contribution in [2.45, 2.75) is 0 Å². The quantitative estimate of drug-likeness (QED) is 0.0370. The number of carboxylic acids is 2. The van der Waals surface area contributed by atoms with Crippen molar-refractivity contribution in [2.75, 3.05) is 115 Å². The summed E-state index contributed by atoms with van der Waals surface area (Å²) < 4.78 is 53.9. The Hall–Kier alpha value is -9.98. The third-order valence-electron chi connectivity index (χ3n) is 15.8. The number of nitrogens with zero attached hydrogens (tertiary/aromatic N) is 2. The molecular formula is C68H58Cl4N4O19+2. The van der Waals surface area contributed by atoms with E-state index in [-0.39, 0.29) is 162 Å². The van der Waals surface area contributed by atoms with Gasteiger partial charge in [-0.05, 0) is 59.7 Å². The lowest BCUT2D eigenvalue weighted by molar-refractivity contribution is 0.0530. The minimum atomic E-state index is -1.43. The molecule has 3 heterocycles. The number of carbonyl (C=O) groups is 4. The van der Waals surface area contributed by atoms with Crippen LogP contribution in [-0.2, 0) is 14.2 Å². The van der Waals surface area contributed by atoms with E-state index >= 15 is 0 Å². The van der Waals surface area contributed by atoms with Gasteiger partial charge in [-0.2, -0.15) is 0 Å². The van der Waals surface area contributed by atoms with Gasteiger partial charge >= 0.3 is 34.3 Å². The van der Waals surface area contributed by atoms with E-state index in [9.17, 15) is 49.8 Å². The van der Waals surface area contributed by atoms with E-state index in [0.717, 1.165) is 0 Å². The second-order valence-corrected chi connectivity index (χ2v) is 23.1. The molecule has 0 saturated carbocycles. The topological polar surface area (TPSA) is 307 Å². The number of carboxylic acid groups (broad SMARTS) is 2. The van der Waals surface area contributed by atoms with Crippen LogP contribution < -0.4 is 39.4 Å². The maximum absolute atomic E-state index is 14.4. The van der Waals surface area contributed by atoms with Gasteiger partial charge in [-0.25, -0.2) is 18.4 Å². The van der Waals surface area contributed by atoms with Gasteiger partial charge in [-0.3, -0.25) is 9.59 Å². The van der Waals surface area contributed by atoms with Gasteiger partial charge in [0, 0.05) is 67.1 Å². The van der Waals surface area contributed by atoms with Crippen LogP contribution in [0.5, 0.6) is 46.0 Å². The molecule has 1 aliphatic heterocycles. The summed E-state index contributed by atoms with van der Waals surface area (Å²) in [5.74, 6) is -4.38. The zero-order valence-corrected chi connectivity index (χ0v) is 53.9. The highest BCUT2D eigenvalue weighted by atomic mass is 35.5. The first-order valence-corrected chi connectivity index (χ1v) is 30.5. The van der Waals surface area contributed by atoms with Gasteiger partial charge in [-0.1, -0.05) is 58.5 Å². The number of halogens is 4. The Labute approximate surface area is 560 Å². The highest BCUT2D eigenvalue weighted by molar-refractivity contribution is 6.35. The number of rotatable bonds is 14. The summed E-state index contributed by atoms with van der Waals surface area (Å²) in [5, 5.41) is 70.1. The Morgan fingerprint density at radius 1 is 0.453 bits per heavy atom. The van der Waals surface area contributed by atoms with Crippen LogP contribution in [0, 0.1) is 0 Å². The number of aromatic hydroxyl groups is 4. The largest absolute Gasteiger partial charge is 0.506 e. The Balaban J connectivity index is 0.821. The van der Waals surface area contributed by atoms with E-state index < -0.39 is 23.8 Å². The number of phenols is 4. The average Bonchev–Trinajstić information content (AvgIpc) is 0.757. The number of phenolic OH excluding ortho intramolecular Hbond substituents is 4. The summed E-state index contributed by atoms with van der Waals surface area (Å²) in [4.78, 5) is 58.7. The van der Waals surface area contributed by atoms with Crippen molar-refractivity contribution in [3.8, 4) is 68.2 Å². The van der Waals surface area contributed by atoms with E-state index in [1.54, 1.807) is 24.3 Å². The number of hydrogen-bond acceptors (Lipinski definition) is 17. The number of nitrogens with one attached hydrogen (secondary N) is 2. The molecule has 490 valence electrons. The van der Waals surface area contributed by atoms with Gasteiger partial charge in [0.1, 0.15) is 40.2 Å². The molecule has 1 aliphatic rings. The zero-order valence-electron chi connectivity index (χ0n) is 50.9. The molecule has 8 N–H and O–H groups in total. The van der Waals surface area contributed by atoms with Gasteiger partial charge in [-0.15, -0.1) is 0 Å². The molecule has 0 radical (unpaired) electrons. The molecule has 1 saturated heterocycles. The molecule has 0 aliphatic carbocycles. The molecule has 0 atom stereocenters. The molecule has 2 aromatic heterocycles. The Bertz CT molecular complexity index is 4610. The van der Waals surface area contributed by atoms with Crippen LogP contribution in [0.4, 0.5) is 22.7 Å². The van der Waals surface area contributed by atoms with Gasteiger partial charge in [0.2, 0.25) is 0 Å². The third kappa shape index (κ3) is 13.7. The van der Waals surface area contributed by atoms with E-state index in [4.69, 9.17) is 88.4 Å². The molecule has 8 aromatic carbocycles. The molecule has 10 aromatic rings. The molecule has 11 rings (SSSR count). The van der Waals surface area contributed by atoms with Crippen LogP contribution in [0.15, 0.2) is 118 Å². The summed E-state index contributed by atoms with van der Waals surface area (Å²) >= 11 is 25.5. The van der Waals surface area contributed by atoms with Crippen molar-refractivity contribution in [3.63, 3.8) is 0 Å². The smallest absolute Gasteiger partial charge is 0.365 e. The van der Waals surface area contributed by atoms with Gasteiger partial charge in [0.15, 0.2) is 5.75 Å². The lowest BCUT2D eigenvalue weighted by Gasteiger charge is -2.29. The van der Waals surface area contributed by atoms with Crippen LogP contribution in [0.2, 0.25) is 20.1 Å². The molecule has 95 heavy (non-hydrogen) atoms. The minimum absolute atomic E-state index is 0.0179. The lowest BCUT2D eigenvalue weighted by Crippen LogP contribution is -2.33. The average molecular weight is 1380 g/mol. The monoisotopic (exact) mass is 1370 g/mol. The van der Waals surface area contributed by atoms with Crippen molar-refractivity contribution in [3.05, 3.63) is 152 Å². The van der Waals surface area contributed by atoms with Gasteiger partial charge in [0.05, 0.1) is 173 Å². The van der Waals surface area contributed by atoms with Crippen molar-refractivity contribution < 1.29 is 91.8 Å². The first kappa shape index (κ1) is 66.5. The van der Waals surface area contributed by atoms with Crippen molar-refractivity contribution in [1.82, 2.24) is 0 Å². The number of benzene rings is 8. The fraction of sp³-hybridized carbons (Fsp3) is 0.206. The SMILES string of the molecule is COc1cc(NC(=O)c2ccc(-c3c4cc(Cl)c(O)cc4[o+]c4cc(O)c(Cl)cc34)cc2C(=O)O)c(OC)c(N2CCOCCOCCN(c3cc(OC)c(NC(=O)c4ccc(-c5c6cc(Cl)c(O)cc6[o+]c6cc(O)c(Cl)cc56)c(C(=O)O)c4)cc3OC)CCOCC2)c1. The van der Waals surface area contributed by atoms with E-state index in [0.29, 0.717) is 80.7 Å². The Morgan fingerprint density at radius 3 is 1.40 bits per heavy atom. The number of carbonyl (C=O) groups excluding carboxylic acids is 2. The number of anilines is 4. The number of ether oxygens (including phenoxy) is 7. The molecule has 27 heteroatoms. The fourth-order valence-electron chi connectivity index (χ4n) is 11.3. The van der Waals surface area contributed by atoms with E-state index in [2.05, 4.69) is 10.6 Å². The number of fused-ring (bicyclic) bond motifs is 4.